The van der Waals surface area contributed by atoms with Gasteiger partial charge in [-0.3, -0.25) is 0 Å². The summed E-state index contributed by atoms with van der Waals surface area (Å²) in [7, 11) is 0. The van der Waals surface area contributed by atoms with Gasteiger partial charge in [0.05, 0.1) is 0 Å². The molecule has 0 aliphatic rings. The van der Waals surface area contributed by atoms with Gasteiger partial charge in [0.25, 0.3) is 0 Å². The summed E-state index contributed by atoms with van der Waals surface area (Å²) in [6.07, 6.45) is -4.91. The van der Waals surface area contributed by atoms with Crippen LogP contribution in [0.1, 0.15) is 0 Å². The molecule has 4 atom stereocenters. The Kier molecular flexibility index (Phi) is 9.24. The van der Waals surface area contributed by atoms with Gasteiger partial charge in [-0.15, -0.1) is 0 Å². The molecule has 22 heavy (non-hydrogen) atoms. The van der Waals surface area contributed by atoms with Gasteiger partial charge in [0.2, 0.25) is 0 Å². The molecule has 0 aromatic rings. The van der Waals surface area contributed by atoms with Crippen LogP contribution in [0.25, 0.3) is 0 Å². The molecule has 0 amide bonds. The number of aliphatic hydroxyl groups is 2. The molecule has 6 N–H and O–H groups in total. The van der Waals surface area contributed by atoms with E-state index in [-0.39, 0.29) is 11.5 Å². The van der Waals surface area contributed by atoms with Crippen LogP contribution >= 0.6 is 25.3 Å². The third kappa shape index (κ3) is 6.29. The molecule has 0 spiro atoms. The van der Waals surface area contributed by atoms with E-state index in [2.05, 4.69) is 34.7 Å². The van der Waals surface area contributed by atoms with Crippen LogP contribution in [0, 0.1) is 0 Å². The van der Waals surface area contributed by atoms with Crippen LogP contribution in [0.4, 0.5) is 0 Å². The van der Waals surface area contributed by atoms with Crippen LogP contribution in [-0.2, 0) is 28.7 Å². The van der Waals surface area contributed by atoms with E-state index >= 15 is 0 Å². The molecule has 126 valence electrons. The molecule has 0 saturated carbocycles. The maximum Gasteiger partial charge on any atom is 0.346 e. The molecule has 2 unspecified atom stereocenters. The maximum absolute atomic E-state index is 11.3. The highest BCUT2D eigenvalue weighted by Gasteiger charge is 2.36. The van der Waals surface area contributed by atoms with Crippen LogP contribution < -0.4 is 11.5 Å². The first kappa shape index (κ1) is 20.8. The third-order valence-corrected chi connectivity index (χ3v) is 2.97. The summed E-state index contributed by atoms with van der Waals surface area (Å²) in [6, 6.07) is -2.47. The Bertz CT molecular complexity index is 407. The van der Waals surface area contributed by atoms with Gasteiger partial charge in [-0.2, -0.15) is 25.3 Å². The maximum atomic E-state index is 11.3. The molecule has 0 rings (SSSR count). The highest BCUT2D eigenvalue weighted by molar-refractivity contribution is 7.80. The van der Waals surface area contributed by atoms with E-state index in [1.165, 1.54) is 0 Å². The zero-order valence-electron chi connectivity index (χ0n) is 11.1. The van der Waals surface area contributed by atoms with E-state index in [1.807, 2.05) is 0 Å². The molecule has 0 fully saturated rings. The summed E-state index contributed by atoms with van der Waals surface area (Å²) in [4.78, 5) is 45.0. The summed E-state index contributed by atoms with van der Waals surface area (Å²) in [5.74, 6) is -5.98. The summed E-state index contributed by atoms with van der Waals surface area (Å²) in [6.45, 7) is 0. The van der Waals surface area contributed by atoms with Crippen molar-refractivity contribution in [1.29, 1.82) is 0 Å². The third-order valence-electron chi connectivity index (χ3n) is 2.18. The lowest BCUT2D eigenvalue weighted by atomic mass is 10.2. The molecule has 0 aliphatic carbocycles. The molecule has 0 heterocycles. The number of nitrogens with two attached hydrogens (primary N) is 2. The predicted molar refractivity (Wildman–Crippen MR) is 77.9 cm³/mol. The summed E-state index contributed by atoms with van der Waals surface area (Å²) in [5.41, 5.74) is 10.4. The number of ether oxygens (including phenoxy) is 2. The SMILES string of the molecule is N[C@@H](CS)C(=O)OC(=O)C(O)C(O)C(=O)OC(=O)[C@@H](N)CS. The van der Waals surface area contributed by atoms with Gasteiger partial charge in [0.1, 0.15) is 12.1 Å². The van der Waals surface area contributed by atoms with Crippen LogP contribution in [0.2, 0.25) is 0 Å². The number of esters is 4. The minimum Gasteiger partial charge on any atom is -0.390 e. The number of rotatable bonds is 7. The van der Waals surface area contributed by atoms with Crippen LogP contribution in [-0.4, -0.2) is 69.9 Å². The van der Waals surface area contributed by atoms with E-state index in [4.69, 9.17) is 11.5 Å². The number of hydrogen-bond acceptors (Lipinski definition) is 12. The Hall–Kier alpha value is -1.18. The zero-order chi connectivity index (χ0) is 17.4. The Labute approximate surface area is 135 Å². The monoisotopic (exact) mass is 356 g/mol. The van der Waals surface area contributed by atoms with Crippen molar-refractivity contribution in [2.45, 2.75) is 24.3 Å². The standard InChI is InChI=1S/C10H16N2O8S2/c11-3(1-21)7(15)19-9(17)5(13)6(14)10(18)20-8(16)4(12)2-22/h3-6,13-14,21-22H,1-2,11-12H2/t3-,4-,5?,6?/m0/s1. The highest BCUT2D eigenvalue weighted by Crippen LogP contribution is 2.03. The summed E-state index contributed by atoms with van der Waals surface area (Å²) in [5, 5.41) is 18.7. The smallest absolute Gasteiger partial charge is 0.346 e. The predicted octanol–water partition coefficient (Wildman–Crippen LogP) is -3.64. The topological polar surface area (TPSA) is 179 Å². The van der Waals surface area contributed by atoms with E-state index in [9.17, 15) is 29.4 Å². The number of carbonyl (C=O) groups excluding carboxylic acids is 4. The Balaban J connectivity index is 4.61. The number of hydrogen-bond donors (Lipinski definition) is 6. The Morgan fingerprint density at radius 3 is 1.27 bits per heavy atom. The molecular formula is C10H16N2O8S2. The molecular weight excluding hydrogens is 340 g/mol. The van der Waals surface area contributed by atoms with Crippen molar-refractivity contribution in [2.75, 3.05) is 11.5 Å². The fraction of sp³-hybridized carbons (Fsp3) is 0.600. The second-order valence-electron chi connectivity index (χ2n) is 3.95. The van der Waals surface area contributed by atoms with Gasteiger partial charge in [-0.05, 0) is 0 Å². The lowest BCUT2D eigenvalue weighted by molar-refractivity contribution is -0.181. The van der Waals surface area contributed by atoms with Crippen molar-refractivity contribution in [2.24, 2.45) is 11.5 Å². The van der Waals surface area contributed by atoms with E-state index in [0.29, 0.717) is 0 Å². The number of aliphatic hydroxyl groups excluding tert-OH is 2. The van der Waals surface area contributed by atoms with Gasteiger partial charge < -0.3 is 31.2 Å². The lowest BCUT2D eigenvalue weighted by Gasteiger charge is -2.16. The molecule has 10 nitrogen and oxygen atoms in total. The van der Waals surface area contributed by atoms with Crippen molar-refractivity contribution in [3.05, 3.63) is 0 Å². The molecule has 12 heteroatoms. The Morgan fingerprint density at radius 1 is 0.773 bits per heavy atom. The first-order valence-corrected chi connectivity index (χ1v) is 7.02. The zero-order valence-corrected chi connectivity index (χ0v) is 12.9. The average molecular weight is 356 g/mol. The molecule has 0 radical (unpaired) electrons. The van der Waals surface area contributed by atoms with E-state index < -0.39 is 48.2 Å². The van der Waals surface area contributed by atoms with Gasteiger partial charge in [-0.25, -0.2) is 19.2 Å². The minimum absolute atomic E-state index is 0.136. The van der Waals surface area contributed by atoms with E-state index in [1.54, 1.807) is 0 Å². The second-order valence-corrected chi connectivity index (χ2v) is 4.68. The lowest BCUT2D eigenvalue weighted by Crippen LogP contribution is -2.46. The van der Waals surface area contributed by atoms with Crippen molar-refractivity contribution in [3.63, 3.8) is 0 Å². The number of thiol groups is 2. The van der Waals surface area contributed by atoms with Crippen molar-refractivity contribution >= 4 is 49.1 Å². The molecule has 0 aliphatic heterocycles. The van der Waals surface area contributed by atoms with Crippen molar-refractivity contribution in [3.8, 4) is 0 Å². The quantitative estimate of drug-likeness (QED) is 0.151. The van der Waals surface area contributed by atoms with Crippen molar-refractivity contribution in [1.82, 2.24) is 0 Å². The highest BCUT2D eigenvalue weighted by atomic mass is 32.1. The molecule has 0 bridgehead atoms. The minimum atomic E-state index is -2.46. The van der Waals surface area contributed by atoms with Crippen molar-refractivity contribution < 1.29 is 38.9 Å². The van der Waals surface area contributed by atoms with Gasteiger partial charge >= 0.3 is 23.9 Å². The van der Waals surface area contributed by atoms with Gasteiger partial charge in [0.15, 0.2) is 12.2 Å². The fourth-order valence-corrected chi connectivity index (χ4v) is 1.18. The molecule has 0 saturated heterocycles. The van der Waals surface area contributed by atoms with Gasteiger partial charge in [0, 0.05) is 11.5 Å². The second kappa shape index (κ2) is 9.76. The van der Waals surface area contributed by atoms with Crippen LogP contribution in [0.15, 0.2) is 0 Å². The van der Waals surface area contributed by atoms with Crippen LogP contribution in [0.5, 0.6) is 0 Å². The fourth-order valence-electron chi connectivity index (χ4n) is 0.877. The summed E-state index contributed by atoms with van der Waals surface area (Å²) >= 11 is 7.38. The number of carbonyl (C=O) groups is 4. The molecule has 0 aromatic carbocycles. The normalized spacial score (nSPS) is 16.1. The first-order valence-electron chi connectivity index (χ1n) is 5.75. The first-order chi connectivity index (χ1) is 10.1. The molecule has 0 aromatic heterocycles. The van der Waals surface area contributed by atoms with Crippen LogP contribution in [0.3, 0.4) is 0 Å². The van der Waals surface area contributed by atoms with Gasteiger partial charge in [-0.1, -0.05) is 0 Å². The average Bonchev–Trinajstić information content (AvgIpc) is 2.50. The largest absolute Gasteiger partial charge is 0.390 e. The van der Waals surface area contributed by atoms with E-state index in [0.717, 1.165) is 0 Å². The Morgan fingerprint density at radius 2 is 1.05 bits per heavy atom. The summed E-state index contributed by atoms with van der Waals surface area (Å²) < 4.78 is 8.24.